The molecule has 0 aromatic rings. The predicted octanol–water partition coefficient (Wildman–Crippen LogP) is 23.9. The predicted molar refractivity (Wildman–Crippen MR) is 344 cm³/mol. The van der Waals surface area contributed by atoms with Crippen LogP contribution in [0.3, 0.4) is 0 Å². The lowest BCUT2D eigenvalue weighted by atomic mass is 10.0. The number of carbonyl (C=O) groups excluding carboxylic acids is 3. The zero-order valence-corrected chi connectivity index (χ0v) is 52.9. The van der Waals surface area contributed by atoms with Crippen molar-refractivity contribution < 1.29 is 28.6 Å². The topological polar surface area (TPSA) is 78.9 Å². The molecular formula is C73H132O6. The summed E-state index contributed by atoms with van der Waals surface area (Å²) < 4.78 is 16.9. The van der Waals surface area contributed by atoms with Crippen LogP contribution in [0.2, 0.25) is 0 Å². The Balaban J connectivity index is 4.13. The van der Waals surface area contributed by atoms with Crippen LogP contribution in [0.15, 0.2) is 60.8 Å². The molecule has 0 aliphatic rings. The van der Waals surface area contributed by atoms with Crippen LogP contribution < -0.4 is 0 Å². The summed E-state index contributed by atoms with van der Waals surface area (Å²) in [6.45, 7) is 6.64. The second kappa shape index (κ2) is 67.6. The van der Waals surface area contributed by atoms with Crippen LogP contribution in [0, 0.1) is 0 Å². The fraction of sp³-hybridized carbons (Fsp3) is 0.822. The van der Waals surface area contributed by atoms with Gasteiger partial charge in [-0.15, -0.1) is 0 Å². The Hall–Kier alpha value is -2.89. The van der Waals surface area contributed by atoms with E-state index in [0.29, 0.717) is 19.3 Å². The van der Waals surface area contributed by atoms with E-state index in [1.54, 1.807) is 0 Å². The van der Waals surface area contributed by atoms with Gasteiger partial charge in [0.2, 0.25) is 0 Å². The molecule has 0 rings (SSSR count). The van der Waals surface area contributed by atoms with Gasteiger partial charge in [0.25, 0.3) is 0 Å². The van der Waals surface area contributed by atoms with Gasteiger partial charge in [-0.3, -0.25) is 14.4 Å². The maximum atomic E-state index is 12.9. The molecule has 1 atom stereocenters. The minimum atomic E-state index is -0.780. The highest BCUT2D eigenvalue weighted by atomic mass is 16.6. The van der Waals surface area contributed by atoms with E-state index in [1.165, 1.54) is 244 Å². The number of hydrogen-bond donors (Lipinski definition) is 0. The van der Waals surface area contributed by atoms with Crippen molar-refractivity contribution in [3.8, 4) is 0 Å². The second-order valence-corrected chi connectivity index (χ2v) is 23.4. The molecule has 0 N–H and O–H groups in total. The molecule has 0 saturated heterocycles. The highest BCUT2D eigenvalue weighted by molar-refractivity contribution is 5.71. The van der Waals surface area contributed by atoms with E-state index in [1.807, 2.05) is 0 Å². The quantitative estimate of drug-likeness (QED) is 0.0261. The number of ether oxygens (including phenoxy) is 3. The molecule has 0 spiro atoms. The Labute approximate surface area is 491 Å². The SMILES string of the molecule is CCCCCCC/C=C\C/C=C\C/C=C\CCCCCCCCCCCCCCCCCCCCC(=O)OCC(COC(=O)CCCCCCC/C=C\CCCCCCC)OC(=O)CCCCCCC/C=C\CCCCCCC. The van der Waals surface area contributed by atoms with Crippen LogP contribution in [-0.2, 0) is 28.6 Å². The first kappa shape index (κ1) is 76.1. The Morgan fingerprint density at radius 2 is 0.456 bits per heavy atom. The summed E-state index contributed by atoms with van der Waals surface area (Å²) in [6, 6.07) is 0. The van der Waals surface area contributed by atoms with E-state index in [0.717, 1.165) is 83.5 Å². The van der Waals surface area contributed by atoms with Gasteiger partial charge in [0, 0.05) is 19.3 Å². The van der Waals surface area contributed by atoms with Crippen LogP contribution >= 0.6 is 0 Å². The van der Waals surface area contributed by atoms with Gasteiger partial charge in [-0.1, -0.05) is 300 Å². The van der Waals surface area contributed by atoms with Crippen molar-refractivity contribution in [1.29, 1.82) is 0 Å². The van der Waals surface area contributed by atoms with E-state index >= 15 is 0 Å². The maximum Gasteiger partial charge on any atom is 0.306 e. The molecule has 0 heterocycles. The third kappa shape index (κ3) is 65.8. The molecule has 0 aliphatic heterocycles. The van der Waals surface area contributed by atoms with Gasteiger partial charge in [0.05, 0.1) is 0 Å². The van der Waals surface area contributed by atoms with Crippen LogP contribution in [0.5, 0.6) is 0 Å². The van der Waals surface area contributed by atoms with Crippen molar-refractivity contribution in [2.75, 3.05) is 13.2 Å². The van der Waals surface area contributed by atoms with Crippen LogP contribution in [0.4, 0.5) is 0 Å². The first-order valence-electron chi connectivity index (χ1n) is 34.8. The maximum absolute atomic E-state index is 12.9. The van der Waals surface area contributed by atoms with Gasteiger partial charge in [0.15, 0.2) is 6.10 Å². The summed E-state index contributed by atoms with van der Waals surface area (Å²) >= 11 is 0. The molecule has 0 aromatic heterocycles. The molecule has 0 radical (unpaired) electrons. The number of hydrogen-bond acceptors (Lipinski definition) is 6. The van der Waals surface area contributed by atoms with Gasteiger partial charge < -0.3 is 14.2 Å². The van der Waals surface area contributed by atoms with Gasteiger partial charge in [-0.05, 0) is 109 Å². The molecule has 79 heavy (non-hydrogen) atoms. The molecule has 0 fully saturated rings. The van der Waals surface area contributed by atoms with E-state index in [-0.39, 0.29) is 31.1 Å². The molecule has 6 nitrogen and oxygen atoms in total. The van der Waals surface area contributed by atoms with Crippen molar-refractivity contribution in [1.82, 2.24) is 0 Å². The zero-order chi connectivity index (χ0) is 57.1. The molecule has 0 bridgehead atoms. The molecule has 460 valence electrons. The third-order valence-electron chi connectivity index (χ3n) is 15.5. The highest BCUT2D eigenvalue weighted by Gasteiger charge is 2.19. The van der Waals surface area contributed by atoms with Gasteiger partial charge >= 0.3 is 17.9 Å². The lowest BCUT2D eigenvalue weighted by molar-refractivity contribution is -0.167. The summed E-state index contributed by atoms with van der Waals surface area (Å²) in [5, 5.41) is 0. The van der Waals surface area contributed by atoms with E-state index in [2.05, 4.69) is 81.5 Å². The van der Waals surface area contributed by atoms with Crippen LogP contribution in [-0.4, -0.2) is 37.2 Å². The second-order valence-electron chi connectivity index (χ2n) is 23.4. The Kier molecular flexibility index (Phi) is 65.1. The van der Waals surface area contributed by atoms with E-state index in [4.69, 9.17) is 14.2 Å². The Morgan fingerprint density at radius 3 is 0.722 bits per heavy atom. The molecule has 1 unspecified atom stereocenters. The van der Waals surface area contributed by atoms with Gasteiger partial charge in [-0.2, -0.15) is 0 Å². The standard InChI is InChI=1S/C73H132O6/c1-4-7-10-13-16-19-22-25-28-29-30-31-32-33-34-35-36-37-38-39-40-41-42-43-44-45-46-49-51-54-57-60-63-66-72(75)78-69-70(79-73(76)67-64-61-58-55-52-48-27-24-21-18-15-12-9-6-3)68-77-71(74)65-62-59-56-53-50-47-26-23-20-17-14-11-8-5-2/h22-27,29-30,32-33,70H,4-21,28,31,34-69H2,1-3H3/b25-22-,26-23-,27-24-,30-29-,33-32-. The van der Waals surface area contributed by atoms with Gasteiger partial charge in [-0.25, -0.2) is 0 Å². The van der Waals surface area contributed by atoms with Crippen molar-refractivity contribution in [3.63, 3.8) is 0 Å². The summed E-state index contributed by atoms with van der Waals surface area (Å²) in [5.74, 6) is -0.874. The summed E-state index contributed by atoms with van der Waals surface area (Å²) in [4.78, 5) is 38.3. The minimum absolute atomic E-state index is 0.0764. The first-order chi connectivity index (χ1) is 39.0. The van der Waals surface area contributed by atoms with Crippen LogP contribution in [0.1, 0.15) is 367 Å². The van der Waals surface area contributed by atoms with Crippen LogP contribution in [0.25, 0.3) is 0 Å². The number of carbonyl (C=O) groups is 3. The molecule has 6 heteroatoms. The van der Waals surface area contributed by atoms with Crippen molar-refractivity contribution >= 4 is 17.9 Å². The minimum Gasteiger partial charge on any atom is -0.462 e. The number of unbranched alkanes of at least 4 members (excludes halogenated alkanes) is 43. The number of rotatable bonds is 64. The van der Waals surface area contributed by atoms with Crippen molar-refractivity contribution in [2.45, 2.75) is 374 Å². The third-order valence-corrected chi connectivity index (χ3v) is 15.5. The Bertz CT molecular complexity index is 1410. The fourth-order valence-corrected chi connectivity index (χ4v) is 10.2. The number of esters is 3. The Morgan fingerprint density at radius 1 is 0.253 bits per heavy atom. The van der Waals surface area contributed by atoms with Crippen molar-refractivity contribution in [3.05, 3.63) is 60.8 Å². The fourth-order valence-electron chi connectivity index (χ4n) is 10.2. The zero-order valence-electron chi connectivity index (χ0n) is 52.9. The monoisotopic (exact) mass is 1110 g/mol. The van der Waals surface area contributed by atoms with E-state index < -0.39 is 6.10 Å². The average molecular weight is 1110 g/mol. The molecule has 0 amide bonds. The summed E-state index contributed by atoms with van der Waals surface area (Å²) in [6.07, 6.45) is 86.8. The van der Waals surface area contributed by atoms with E-state index in [9.17, 15) is 14.4 Å². The molecular weight excluding hydrogens is 973 g/mol. The highest BCUT2D eigenvalue weighted by Crippen LogP contribution is 2.17. The summed E-state index contributed by atoms with van der Waals surface area (Å²) in [7, 11) is 0. The first-order valence-corrected chi connectivity index (χ1v) is 34.8. The normalized spacial score (nSPS) is 12.4. The average Bonchev–Trinajstić information content (AvgIpc) is 3.45. The molecule has 0 aliphatic carbocycles. The molecule has 0 saturated carbocycles. The van der Waals surface area contributed by atoms with Gasteiger partial charge in [0.1, 0.15) is 13.2 Å². The lowest BCUT2D eigenvalue weighted by Crippen LogP contribution is -2.30. The van der Waals surface area contributed by atoms with Crippen molar-refractivity contribution in [2.24, 2.45) is 0 Å². The summed E-state index contributed by atoms with van der Waals surface area (Å²) in [5.41, 5.74) is 0. The lowest BCUT2D eigenvalue weighted by Gasteiger charge is -2.18. The largest absolute Gasteiger partial charge is 0.462 e. The molecule has 0 aromatic carbocycles. The number of allylic oxidation sites excluding steroid dienone is 10. The smallest absolute Gasteiger partial charge is 0.306 e.